The van der Waals surface area contributed by atoms with E-state index < -0.39 is 10.9 Å². The summed E-state index contributed by atoms with van der Waals surface area (Å²) in [5, 5.41) is 10.7. The molecule has 0 spiro atoms. The summed E-state index contributed by atoms with van der Waals surface area (Å²) in [6.45, 7) is 1.99. The van der Waals surface area contributed by atoms with Gasteiger partial charge in [0, 0.05) is 23.3 Å². The summed E-state index contributed by atoms with van der Waals surface area (Å²) in [4.78, 5) is 22.5. The molecule has 0 saturated heterocycles. The van der Waals surface area contributed by atoms with Crippen LogP contribution in [0.2, 0.25) is 0 Å². The van der Waals surface area contributed by atoms with Crippen molar-refractivity contribution >= 4 is 23.5 Å². The smallest absolute Gasteiger partial charge is 0.343 e. The highest BCUT2D eigenvalue weighted by atomic mass is 16.6. The summed E-state index contributed by atoms with van der Waals surface area (Å²) in [6, 6.07) is 17.3. The number of nitrogens with zero attached hydrogens (tertiary/aromatic N) is 1. The predicted octanol–water partition coefficient (Wildman–Crippen LogP) is 5.14. The van der Waals surface area contributed by atoms with E-state index in [0.717, 1.165) is 11.1 Å². The Bertz CT molecular complexity index is 1120. The molecule has 0 N–H and O–H groups in total. The number of non-ortho nitro benzene ring substituents is 1. The predicted molar refractivity (Wildman–Crippen MR) is 104 cm³/mol. The molecule has 0 atom stereocenters. The van der Waals surface area contributed by atoms with E-state index >= 15 is 0 Å². The third-order valence-corrected chi connectivity index (χ3v) is 4.35. The fourth-order valence-corrected chi connectivity index (χ4v) is 2.84. The zero-order valence-electron chi connectivity index (χ0n) is 14.9. The zero-order chi connectivity index (χ0) is 19.7. The van der Waals surface area contributed by atoms with Gasteiger partial charge in [-0.2, -0.15) is 0 Å². The number of hydrogen-bond acceptors (Lipinski definition) is 5. The number of carbonyl (C=O) groups is 1. The van der Waals surface area contributed by atoms with Crippen molar-refractivity contribution in [3.05, 3.63) is 99.3 Å². The van der Waals surface area contributed by atoms with E-state index in [4.69, 9.17) is 9.15 Å². The van der Waals surface area contributed by atoms with Crippen molar-refractivity contribution in [2.75, 3.05) is 0 Å². The molecule has 6 heteroatoms. The van der Waals surface area contributed by atoms with Crippen LogP contribution in [0.1, 0.15) is 16.9 Å². The van der Waals surface area contributed by atoms with Crippen molar-refractivity contribution in [2.24, 2.45) is 0 Å². The highest BCUT2D eigenvalue weighted by Crippen LogP contribution is 2.29. The molecule has 3 aromatic rings. The summed E-state index contributed by atoms with van der Waals surface area (Å²) in [5.41, 5.74) is 3.06. The molecule has 1 aliphatic rings. The third kappa shape index (κ3) is 3.48. The standard InChI is InChI=1S/C22H15NO5/c1-14-2-4-16(5-3-14)21-13-17(22(24)28-21)12-19-10-11-20(27-19)15-6-8-18(9-7-15)23(25)26/h2-13H,1H3/b17-12+. The van der Waals surface area contributed by atoms with E-state index in [1.807, 2.05) is 31.2 Å². The van der Waals surface area contributed by atoms with E-state index in [0.29, 0.717) is 28.4 Å². The van der Waals surface area contributed by atoms with Gasteiger partial charge in [-0.3, -0.25) is 10.1 Å². The second kappa shape index (κ2) is 7.00. The van der Waals surface area contributed by atoms with Crippen LogP contribution in [0.5, 0.6) is 0 Å². The van der Waals surface area contributed by atoms with Gasteiger partial charge in [0.05, 0.1) is 10.5 Å². The van der Waals surface area contributed by atoms with Crippen molar-refractivity contribution in [2.45, 2.75) is 6.92 Å². The molecule has 138 valence electrons. The van der Waals surface area contributed by atoms with Crippen molar-refractivity contribution < 1.29 is 18.9 Å². The largest absolute Gasteiger partial charge is 0.457 e. The quantitative estimate of drug-likeness (QED) is 0.273. The molecule has 0 aliphatic carbocycles. The molecule has 6 nitrogen and oxygen atoms in total. The number of rotatable bonds is 4. The highest BCUT2D eigenvalue weighted by molar-refractivity contribution is 6.04. The van der Waals surface area contributed by atoms with Crippen LogP contribution in [-0.2, 0) is 9.53 Å². The highest BCUT2D eigenvalue weighted by Gasteiger charge is 2.22. The van der Waals surface area contributed by atoms with Gasteiger partial charge in [0.15, 0.2) is 0 Å². The maximum atomic E-state index is 12.2. The molecule has 0 saturated carbocycles. The summed E-state index contributed by atoms with van der Waals surface area (Å²) in [5.74, 6) is 1.10. The minimum atomic E-state index is -0.453. The lowest BCUT2D eigenvalue weighted by molar-refractivity contribution is -0.384. The number of cyclic esters (lactones) is 1. The molecular weight excluding hydrogens is 358 g/mol. The number of esters is 1. The Hall–Kier alpha value is -3.93. The van der Waals surface area contributed by atoms with Crippen molar-refractivity contribution in [1.29, 1.82) is 0 Å². The number of nitro groups is 1. The van der Waals surface area contributed by atoms with Gasteiger partial charge in [-0.25, -0.2) is 4.79 Å². The van der Waals surface area contributed by atoms with Crippen LogP contribution in [0, 0.1) is 17.0 Å². The van der Waals surface area contributed by atoms with Crippen LogP contribution in [-0.4, -0.2) is 10.9 Å². The number of nitro benzene ring substituents is 1. The van der Waals surface area contributed by atoms with Crippen molar-refractivity contribution in [1.82, 2.24) is 0 Å². The first kappa shape index (κ1) is 17.5. The first-order chi connectivity index (χ1) is 13.5. The number of benzene rings is 2. The van der Waals surface area contributed by atoms with Gasteiger partial charge < -0.3 is 9.15 Å². The van der Waals surface area contributed by atoms with Crippen LogP contribution in [0.15, 0.2) is 76.7 Å². The van der Waals surface area contributed by atoms with Gasteiger partial charge in [-0.05, 0) is 43.3 Å². The van der Waals surface area contributed by atoms with Gasteiger partial charge in [0.1, 0.15) is 17.3 Å². The van der Waals surface area contributed by atoms with Gasteiger partial charge in [-0.15, -0.1) is 0 Å². The normalized spacial score (nSPS) is 14.8. The lowest BCUT2D eigenvalue weighted by Gasteiger charge is -2.01. The lowest BCUT2D eigenvalue weighted by atomic mass is 10.1. The topological polar surface area (TPSA) is 82.6 Å². The van der Waals surface area contributed by atoms with E-state index in [9.17, 15) is 14.9 Å². The Labute approximate surface area is 160 Å². The van der Waals surface area contributed by atoms with E-state index in [1.54, 1.807) is 36.4 Å². The number of ether oxygens (including phenoxy) is 1. The average Bonchev–Trinajstić information content (AvgIpc) is 3.30. The fourth-order valence-electron chi connectivity index (χ4n) is 2.84. The van der Waals surface area contributed by atoms with Crippen molar-refractivity contribution in [3.8, 4) is 11.3 Å². The van der Waals surface area contributed by atoms with Crippen LogP contribution in [0.3, 0.4) is 0 Å². The number of furan rings is 1. The van der Waals surface area contributed by atoms with Crippen LogP contribution < -0.4 is 0 Å². The fraction of sp³-hybridized carbons (Fsp3) is 0.0455. The lowest BCUT2D eigenvalue weighted by Crippen LogP contribution is -1.96. The first-order valence-corrected chi connectivity index (χ1v) is 8.57. The second-order valence-electron chi connectivity index (χ2n) is 6.37. The summed E-state index contributed by atoms with van der Waals surface area (Å²) >= 11 is 0. The summed E-state index contributed by atoms with van der Waals surface area (Å²) in [7, 11) is 0. The van der Waals surface area contributed by atoms with Gasteiger partial charge in [-0.1, -0.05) is 29.8 Å². The summed E-state index contributed by atoms with van der Waals surface area (Å²) in [6.07, 6.45) is 3.29. The minimum Gasteiger partial charge on any atom is -0.457 e. The molecule has 28 heavy (non-hydrogen) atoms. The summed E-state index contributed by atoms with van der Waals surface area (Å²) < 4.78 is 11.1. The molecule has 0 radical (unpaired) electrons. The maximum Gasteiger partial charge on any atom is 0.343 e. The van der Waals surface area contributed by atoms with E-state index in [-0.39, 0.29) is 5.69 Å². The van der Waals surface area contributed by atoms with E-state index in [2.05, 4.69) is 0 Å². The molecule has 4 rings (SSSR count). The Morgan fingerprint density at radius 1 is 0.929 bits per heavy atom. The molecular formula is C22H15NO5. The van der Waals surface area contributed by atoms with Gasteiger partial charge in [0.25, 0.3) is 5.69 Å². The van der Waals surface area contributed by atoms with Crippen LogP contribution in [0.25, 0.3) is 23.2 Å². The Morgan fingerprint density at radius 2 is 1.61 bits per heavy atom. The van der Waals surface area contributed by atoms with E-state index in [1.165, 1.54) is 12.1 Å². The molecule has 2 aromatic carbocycles. The Morgan fingerprint density at radius 3 is 2.29 bits per heavy atom. The van der Waals surface area contributed by atoms with Crippen LogP contribution >= 0.6 is 0 Å². The number of carbonyl (C=O) groups excluding carboxylic acids is 1. The second-order valence-corrected chi connectivity index (χ2v) is 6.37. The van der Waals surface area contributed by atoms with Crippen LogP contribution in [0.4, 0.5) is 5.69 Å². The molecule has 0 amide bonds. The molecule has 0 fully saturated rings. The number of aryl methyl sites for hydroxylation is 1. The molecule has 1 aromatic heterocycles. The molecule has 0 bridgehead atoms. The first-order valence-electron chi connectivity index (χ1n) is 8.57. The SMILES string of the molecule is Cc1ccc(C2=C/C(=C\c3ccc(-c4ccc([N+](=O)[O-])cc4)o3)C(=O)O2)cc1. The van der Waals surface area contributed by atoms with Crippen molar-refractivity contribution in [3.63, 3.8) is 0 Å². The molecule has 0 unspecified atom stereocenters. The maximum absolute atomic E-state index is 12.2. The van der Waals surface area contributed by atoms with Gasteiger partial charge >= 0.3 is 5.97 Å². The third-order valence-electron chi connectivity index (χ3n) is 4.35. The Balaban J connectivity index is 1.58. The van der Waals surface area contributed by atoms with Gasteiger partial charge in [0.2, 0.25) is 0 Å². The average molecular weight is 373 g/mol. The monoisotopic (exact) mass is 373 g/mol. The number of hydrogen-bond donors (Lipinski definition) is 0. The molecule has 2 heterocycles. The Kier molecular flexibility index (Phi) is 4.37. The minimum absolute atomic E-state index is 0.0140. The zero-order valence-corrected chi connectivity index (χ0v) is 14.9. The molecule has 1 aliphatic heterocycles.